The first kappa shape index (κ1) is 15.1. The van der Waals surface area contributed by atoms with Crippen LogP contribution < -0.4 is 10.6 Å². The van der Waals surface area contributed by atoms with Crippen molar-refractivity contribution >= 4 is 12.0 Å². The Morgan fingerprint density at radius 2 is 2.00 bits per heavy atom. The van der Waals surface area contributed by atoms with Gasteiger partial charge in [0, 0.05) is 6.61 Å². The predicted molar refractivity (Wildman–Crippen MR) is 73.5 cm³/mol. The lowest BCUT2D eigenvalue weighted by molar-refractivity contribution is -0.146. The first-order chi connectivity index (χ1) is 9.55. The standard InChI is InChI=1S/C14H24N2O4/c1-2-10-3-6-14(7-4-10,12(17)18)16-13(19)15-11-5-8-20-9-11/h10-11H,2-9H2,1H3,(H,17,18)(H2,15,16,19). The molecule has 0 aromatic rings. The maximum absolute atomic E-state index is 12.0. The van der Waals surface area contributed by atoms with Gasteiger partial charge >= 0.3 is 12.0 Å². The largest absolute Gasteiger partial charge is 0.480 e. The van der Waals surface area contributed by atoms with Crippen LogP contribution in [0.1, 0.15) is 45.4 Å². The molecule has 2 rings (SSSR count). The molecule has 0 bridgehead atoms. The van der Waals surface area contributed by atoms with Crippen molar-refractivity contribution < 1.29 is 19.4 Å². The molecule has 0 aromatic carbocycles. The van der Waals surface area contributed by atoms with Crippen LogP contribution in [0.3, 0.4) is 0 Å². The number of amides is 2. The number of carbonyl (C=O) groups excluding carboxylic acids is 1. The number of ether oxygens (including phenoxy) is 1. The van der Waals surface area contributed by atoms with Gasteiger partial charge in [-0.3, -0.25) is 0 Å². The van der Waals surface area contributed by atoms with Crippen LogP contribution in [0.2, 0.25) is 0 Å². The lowest BCUT2D eigenvalue weighted by Crippen LogP contribution is -2.59. The fraction of sp³-hybridized carbons (Fsp3) is 0.857. The van der Waals surface area contributed by atoms with Crippen LogP contribution in [0.4, 0.5) is 4.79 Å². The average Bonchev–Trinajstić information content (AvgIpc) is 2.92. The number of carboxylic acids is 1. The molecule has 0 radical (unpaired) electrons. The summed E-state index contributed by atoms with van der Waals surface area (Å²) in [5.41, 5.74) is -1.10. The Kier molecular flexibility index (Phi) is 4.86. The molecule has 2 amide bonds. The van der Waals surface area contributed by atoms with E-state index in [0.717, 1.165) is 25.7 Å². The number of nitrogens with one attached hydrogen (secondary N) is 2. The third kappa shape index (κ3) is 3.42. The van der Waals surface area contributed by atoms with Crippen molar-refractivity contribution in [1.29, 1.82) is 0 Å². The summed E-state index contributed by atoms with van der Waals surface area (Å²) in [6, 6.07) is -0.398. The fourth-order valence-corrected chi connectivity index (χ4v) is 3.06. The highest BCUT2D eigenvalue weighted by molar-refractivity contribution is 5.86. The maximum atomic E-state index is 12.0. The van der Waals surface area contributed by atoms with Crippen LogP contribution >= 0.6 is 0 Å². The van der Waals surface area contributed by atoms with Crippen molar-refractivity contribution in [2.45, 2.75) is 57.0 Å². The molecule has 20 heavy (non-hydrogen) atoms. The van der Waals surface area contributed by atoms with Crippen molar-refractivity contribution in [3.8, 4) is 0 Å². The molecule has 1 saturated heterocycles. The Bertz CT molecular complexity index is 358. The van der Waals surface area contributed by atoms with Crippen molar-refractivity contribution in [2.24, 2.45) is 5.92 Å². The van der Waals surface area contributed by atoms with Gasteiger partial charge in [0.25, 0.3) is 0 Å². The highest BCUT2D eigenvalue weighted by atomic mass is 16.5. The second-order valence-corrected chi connectivity index (χ2v) is 5.90. The first-order valence-corrected chi connectivity index (χ1v) is 7.45. The lowest BCUT2D eigenvalue weighted by atomic mass is 9.75. The highest BCUT2D eigenvalue weighted by Gasteiger charge is 2.43. The third-order valence-electron chi connectivity index (χ3n) is 4.56. The van der Waals surface area contributed by atoms with E-state index in [4.69, 9.17) is 4.74 Å². The van der Waals surface area contributed by atoms with Crippen LogP contribution in [0.25, 0.3) is 0 Å². The molecule has 2 aliphatic rings. The van der Waals surface area contributed by atoms with Gasteiger partial charge in [-0.25, -0.2) is 9.59 Å². The smallest absolute Gasteiger partial charge is 0.329 e. The number of carbonyl (C=O) groups is 2. The van der Waals surface area contributed by atoms with Gasteiger partial charge in [-0.2, -0.15) is 0 Å². The van der Waals surface area contributed by atoms with Gasteiger partial charge < -0.3 is 20.5 Å². The zero-order valence-electron chi connectivity index (χ0n) is 12.0. The van der Waals surface area contributed by atoms with Gasteiger partial charge in [0.15, 0.2) is 0 Å². The summed E-state index contributed by atoms with van der Waals surface area (Å²) in [7, 11) is 0. The summed E-state index contributed by atoms with van der Waals surface area (Å²) >= 11 is 0. The van der Waals surface area contributed by atoms with Gasteiger partial charge in [0.2, 0.25) is 0 Å². The molecule has 1 heterocycles. The van der Waals surface area contributed by atoms with Crippen LogP contribution in [0.5, 0.6) is 0 Å². The van der Waals surface area contributed by atoms with E-state index in [0.29, 0.717) is 32.0 Å². The summed E-state index contributed by atoms with van der Waals surface area (Å²) in [5, 5.41) is 15.0. The van der Waals surface area contributed by atoms with E-state index in [9.17, 15) is 14.7 Å². The number of rotatable bonds is 4. The molecule has 114 valence electrons. The Labute approximate surface area is 119 Å². The first-order valence-electron chi connectivity index (χ1n) is 7.45. The molecule has 6 heteroatoms. The Hall–Kier alpha value is -1.30. The molecule has 1 atom stereocenters. The summed E-state index contributed by atoms with van der Waals surface area (Å²) in [6.45, 7) is 3.28. The molecule has 1 saturated carbocycles. The summed E-state index contributed by atoms with van der Waals surface area (Å²) in [5.74, 6) is -0.347. The van der Waals surface area contributed by atoms with E-state index in [-0.39, 0.29) is 6.04 Å². The van der Waals surface area contributed by atoms with Gasteiger partial charge in [-0.15, -0.1) is 0 Å². The minimum atomic E-state index is -1.10. The number of hydrogen-bond donors (Lipinski definition) is 3. The second kappa shape index (κ2) is 6.43. The van der Waals surface area contributed by atoms with Gasteiger partial charge in [-0.05, 0) is 38.0 Å². The molecule has 2 fully saturated rings. The summed E-state index contributed by atoms with van der Waals surface area (Å²) in [4.78, 5) is 23.6. The molecule has 1 unspecified atom stereocenters. The van der Waals surface area contributed by atoms with Crippen LogP contribution in [0, 0.1) is 5.92 Å². The van der Waals surface area contributed by atoms with E-state index >= 15 is 0 Å². The van der Waals surface area contributed by atoms with Crippen molar-refractivity contribution in [3.05, 3.63) is 0 Å². The van der Waals surface area contributed by atoms with E-state index in [1.807, 2.05) is 0 Å². The monoisotopic (exact) mass is 284 g/mol. The Morgan fingerprint density at radius 3 is 2.50 bits per heavy atom. The van der Waals surface area contributed by atoms with E-state index in [2.05, 4.69) is 17.6 Å². The van der Waals surface area contributed by atoms with Crippen molar-refractivity contribution in [1.82, 2.24) is 10.6 Å². The Morgan fingerprint density at radius 1 is 1.30 bits per heavy atom. The molecular formula is C14H24N2O4. The third-order valence-corrected chi connectivity index (χ3v) is 4.56. The zero-order valence-corrected chi connectivity index (χ0v) is 12.0. The molecule has 1 aliphatic heterocycles. The van der Waals surface area contributed by atoms with Gasteiger partial charge in [0.1, 0.15) is 5.54 Å². The molecule has 0 spiro atoms. The van der Waals surface area contributed by atoms with Crippen LogP contribution in [0.15, 0.2) is 0 Å². The number of carboxylic acid groups (broad SMARTS) is 1. The van der Waals surface area contributed by atoms with Crippen LogP contribution in [-0.4, -0.2) is 41.9 Å². The minimum Gasteiger partial charge on any atom is -0.480 e. The molecule has 1 aliphatic carbocycles. The normalized spacial score (nSPS) is 33.6. The average molecular weight is 284 g/mol. The number of hydrogen-bond acceptors (Lipinski definition) is 3. The maximum Gasteiger partial charge on any atom is 0.329 e. The number of aliphatic carboxylic acids is 1. The SMILES string of the molecule is CCC1CCC(NC(=O)NC2CCOC2)(C(=O)O)CC1. The molecular weight excluding hydrogens is 260 g/mol. The molecule has 3 N–H and O–H groups in total. The zero-order chi connectivity index (χ0) is 14.6. The quantitative estimate of drug-likeness (QED) is 0.730. The predicted octanol–water partition coefficient (Wildman–Crippen LogP) is 1.50. The fourth-order valence-electron chi connectivity index (χ4n) is 3.06. The van der Waals surface area contributed by atoms with E-state index in [1.165, 1.54) is 0 Å². The van der Waals surface area contributed by atoms with Gasteiger partial charge in [-0.1, -0.05) is 13.3 Å². The summed E-state index contributed by atoms with van der Waals surface area (Å²) in [6.07, 6.45) is 4.59. The Balaban J connectivity index is 1.91. The van der Waals surface area contributed by atoms with Crippen LogP contribution in [-0.2, 0) is 9.53 Å². The van der Waals surface area contributed by atoms with E-state index < -0.39 is 17.5 Å². The number of urea groups is 1. The highest BCUT2D eigenvalue weighted by Crippen LogP contribution is 2.34. The van der Waals surface area contributed by atoms with E-state index in [1.54, 1.807) is 0 Å². The topological polar surface area (TPSA) is 87.7 Å². The van der Waals surface area contributed by atoms with Crippen molar-refractivity contribution in [3.63, 3.8) is 0 Å². The van der Waals surface area contributed by atoms with Gasteiger partial charge in [0.05, 0.1) is 12.6 Å². The molecule has 0 aromatic heterocycles. The molecule has 6 nitrogen and oxygen atoms in total. The minimum absolute atomic E-state index is 0.00664. The summed E-state index contributed by atoms with van der Waals surface area (Å²) < 4.78 is 5.19. The second-order valence-electron chi connectivity index (χ2n) is 5.90. The van der Waals surface area contributed by atoms with Crippen molar-refractivity contribution in [2.75, 3.05) is 13.2 Å². The lowest BCUT2D eigenvalue weighted by Gasteiger charge is -2.37.